The van der Waals surface area contributed by atoms with Crippen molar-refractivity contribution >= 4 is 51.8 Å². The van der Waals surface area contributed by atoms with Crippen LogP contribution >= 0.6 is 23.2 Å². The van der Waals surface area contributed by atoms with Crippen LogP contribution in [0.5, 0.6) is 11.5 Å². The van der Waals surface area contributed by atoms with E-state index in [0.29, 0.717) is 60.9 Å². The van der Waals surface area contributed by atoms with Crippen LogP contribution in [0, 0.1) is 0 Å². The van der Waals surface area contributed by atoms with Crippen molar-refractivity contribution in [3.63, 3.8) is 0 Å². The molecule has 2 aliphatic rings. The monoisotopic (exact) mass is 814 g/mol. The Morgan fingerprint density at radius 1 is 0.842 bits per heavy atom. The van der Waals surface area contributed by atoms with Crippen LogP contribution in [-0.2, 0) is 13.1 Å². The summed E-state index contributed by atoms with van der Waals surface area (Å²) in [6.45, 7) is 17.0. The van der Waals surface area contributed by atoms with Crippen LogP contribution in [-0.4, -0.2) is 112 Å². The number of fused-ring (bicyclic) bond motifs is 1. The quantitative estimate of drug-likeness (QED) is 0.147. The zero-order chi connectivity index (χ0) is 40.9. The van der Waals surface area contributed by atoms with E-state index < -0.39 is 0 Å². The maximum absolute atomic E-state index is 13.4. The fraction of sp³-hybridized carbons (Fsp3) is 0.405. The zero-order valence-corrected chi connectivity index (χ0v) is 35.2. The van der Waals surface area contributed by atoms with Gasteiger partial charge >= 0.3 is 0 Å². The molecule has 0 spiro atoms. The Kier molecular flexibility index (Phi) is 13.2. The average molecular weight is 816 g/mol. The summed E-state index contributed by atoms with van der Waals surface area (Å²) >= 11 is 13.3. The number of aromatic nitrogens is 4. The highest BCUT2D eigenvalue weighted by molar-refractivity contribution is 6.41. The molecule has 2 aromatic carbocycles. The number of likely N-dealkylation sites (N-methyl/N-ethyl adjacent to an activating group) is 1. The van der Waals surface area contributed by atoms with Gasteiger partial charge in [0, 0.05) is 105 Å². The number of hydrogen-bond acceptors (Lipinski definition) is 12. The van der Waals surface area contributed by atoms with Crippen molar-refractivity contribution in [3.05, 3.63) is 94.0 Å². The molecule has 2 aliphatic heterocycles. The molecule has 57 heavy (non-hydrogen) atoms. The molecule has 0 unspecified atom stereocenters. The van der Waals surface area contributed by atoms with Gasteiger partial charge in [-0.2, -0.15) is 0 Å². The van der Waals surface area contributed by atoms with Crippen molar-refractivity contribution in [2.45, 2.75) is 51.9 Å². The van der Waals surface area contributed by atoms with E-state index in [9.17, 15) is 4.79 Å². The molecule has 13 nitrogen and oxygen atoms in total. The maximum atomic E-state index is 13.4. The molecule has 2 fully saturated rings. The van der Waals surface area contributed by atoms with E-state index in [1.165, 1.54) is 26.0 Å². The number of amides is 1. The lowest BCUT2D eigenvalue weighted by molar-refractivity contribution is 0.0359. The number of benzene rings is 2. The fourth-order valence-corrected chi connectivity index (χ4v) is 7.84. The van der Waals surface area contributed by atoms with E-state index in [2.05, 4.69) is 86.1 Å². The van der Waals surface area contributed by atoms with Crippen LogP contribution in [0.3, 0.4) is 0 Å². The van der Waals surface area contributed by atoms with Gasteiger partial charge in [0.2, 0.25) is 0 Å². The number of carbonyl (C=O) groups is 1. The van der Waals surface area contributed by atoms with Crippen LogP contribution in [0.15, 0.2) is 67.3 Å². The second kappa shape index (κ2) is 17.9. The third kappa shape index (κ3) is 9.74. The summed E-state index contributed by atoms with van der Waals surface area (Å²) in [6.07, 6.45) is 6.76. The molecule has 5 heterocycles. The summed E-state index contributed by atoms with van der Waals surface area (Å²) in [7, 11) is 5.22. The highest BCUT2D eigenvalue weighted by Gasteiger charge is 2.31. The summed E-state index contributed by atoms with van der Waals surface area (Å²) in [5, 5.41) is 6.92. The first-order chi connectivity index (χ1) is 27.2. The van der Waals surface area contributed by atoms with Crippen LogP contribution in [0.4, 0.5) is 11.6 Å². The number of anilines is 2. The van der Waals surface area contributed by atoms with E-state index in [-0.39, 0.29) is 17.0 Å². The number of nitrogens with zero attached hydrogens (tertiary/aromatic N) is 7. The van der Waals surface area contributed by atoms with E-state index in [1.807, 2.05) is 24.4 Å². The minimum atomic E-state index is -0.360. The molecular weight excluding hydrogens is 763 g/mol. The Morgan fingerprint density at radius 3 is 2.12 bits per heavy atom. The molecular formula is C42H52Cl2N10O3. The molecule has 0 atom stereocenters. The van der Waals surface area contributed by atoms with E-state index in [1.54, 1.807) is 30.6 Å². The Bertz CT molecular complexity index is 2160. The molecule has 15 heteroatoms. The minimum absolute atomic E-state index is 0.0594. The first kappa shape index (κ1) is 42.0. The average Bonchev–Trinajstić information content (AvgIpc) is 3.19. The topological polar surface area (TPSA) is 147 Å². The Balaban J connectivity index is 0.000000269. The SMILES string of the molecule is CN1CCN(Cc2ccc(N)nc2)CC1(C)C.COc1cc(OC)c(Cl)c(-c2ccc(C(=O)Nc3ccc(CN4CCNCC4(C)C)cn3)c3nccnc23)c1Cl. The van der Waals surface area contributed by atoms with E-state index >= 15 is 0 Å². The third-order valence-electron chi connectivity index (χ3n) is 10.8. The van der Waals surface area contributed by atoms with Gasteiger partial charge in [-0.15, -0.1) is 0 Å². The summed E-state index contributed by atoms with van der Waals surface area (Å²) in [5.41, 5.74) is 10.5. The molecule has 5 aromatic rings. The predicted octanol–water partition coefficient (Wildman–Crippen LogP) is 6.64. The highest BCUT2D eigenvalue weighted by atomic mass is 35.5. The van der Waals surface area contributed by atoms with Crippen LogP contribution in [0.25, 0.3) is 22.2 Å². The minimum Gasteiger partial charge on any atom is -0.495 e. The number of nitrogens with one attached hydrogen (secondary N) is 2. The first-order valence-electron chi connectivity index (χ1n) is 18.9. The molecule has 0 radical (unpaired) electrons. The number of methoxy groups -OCH3 is 2. The fourth-order valence-electron chi connectivity index (χ4n) is 7.14. The number of nitrogen functional groups attached to an aromatic ring is 1. The zero-order valence-electron chi connectivity index (χ0n) is 33.7. The number of halogens is 2. The van der Waals surface area contributed by atoms with E-state index in [0.717, 1.165) is 57.9 Å². The van der Waals surface area contributed by atoms with Gasteiger partial charge in [0.05, 0.1) is 35.3 Å². The van der Waals surface area contributed by atoms with E-state index in [4.69, 9.17) is 38.4 Å². The molecule has 0 aliphatic carbocycles. The molecule has 2 saturated heterocycles. The first-order valence-corrected chi connectivity index (χ1v) is 19.7. The summed E-state index contributed by atoms with van der Waals surface area (Å²) in [6, 6.07) is 12.8. The second-order valence-electron chi connectivity index (χ2n) is 15.7. The number of piperazine rings is 2. The van der Waals surface area contributed by atoms with Gasteiger partial charge < -0.3 is 25.8 Å². The number of pyridine rings is 2. The highest BCUT2D eigenvalue weighted by Crippen LogP contribution is 2.47. The van der Waals surface area contributed by atoms with Crippen molar-refractivity contribution < 1.29 is 14.3 Å². The molecule has 302 valence electrons. The van der Waals surface area contributed by atoms with Crippen molar-refractivity contribution in [2.75, 3.05) is 71.6 Å². The van der Waals surface area contributed by atoms with Gasteiger partial charge in [0.15, 0.2) is 0 Å². The predicted molar refractivity (Wildman–Crippen MR) is 228 cm³/mol. The summed E-state index contributed by atoms with van der Waals surface area (Å²) in [4.78, 5) is 38.3. The number of rotatable bonds is 9. The summed E-state index contributed by atoms with van der Waals surface area (Å²) < 4.78 is 10.8. The van der Waals surface area contributed by atoms with Crippen molar-refractivity contribution in [2.24, 2.45) is 0 Å². The molecule has 1 amide bonds. The van der Waals surface area contributed by atoms with Gasteiger partial charge in [-0.25, -0.2) is 9.97 Å². The summed E-state index contributed by atoms with van der Waals surface area (Å²) in [5.74, 6) is 1.46. The normalized spacial score (nSPS) is 17.1. The number of carbonyl (C=O) groups excluding carboxylic acids is 1. The van der Waals surface area contributed by atoms with Gasteiger partial charge in [-0.05, 0) is 64.1 Å². The Hall–Kier alpha value is -4.63. The largest absolute Gasteiger partial charge is 0.495 e. The van der Waals surface area contributed by atoms with Crippen LogP contribution in [0.2, 0.25) is 10.0 Å². The second-order valence-corrected chi connectivity index (χ2v) is 16.4. The number of nitrogens with two attached hydrogens (primary N) is 1. The number of hydrogen-bond donors (Lipinski definition) is 3. The van der Waals surface area contributed by atoms with Crippen molar-refractivity contribution in [3.8, 4) is 22.6 Å². The molecule has 0 saturated carbocycles. The van der Waals surface area contributed by atoms with Gasteiger partial charge in [0.25, 0.3) is 5.91 Å². The Labute approximate surface area is 344 Å². The molecule has 0 bridgehead atoms. The third-order valence-corrected chi connectivity index (χ3v) is 11.5. The van der Waals surface area contributed by atoms with Crippen LogP contribution < -0.4 is 25.8 Å². The standard InChI is InChI=1S/C29H30Cl2N6O3.C13H22N4/c1-29(2)16-32-11-12-37(29)15-17-5-8-22(35-14-17)36-28(38)19-7-6-18(26-27(19)34-10-9-33-26)23-24(30)20(39-3)13-21(40-4)25(23)31;1-13(2)10-17(7-6-16(13)3)9-11-4-5-12(14)15-8-11/h5-10,13-14,32H,11-12,15-16H2,1-4H3,(H,35,36,38);4-5,8H,6-7,9-10H2,1-3H3,(H2,14,15). The van der Waals surface area contributed by atoms with Crippen molar-refractivity contribution in [1.82, 2.24) is 40.0 Å². The lowest BCUT2D eigenvalue weighted by Crippen LogP contribution is -2.57. The molecule has 3 aromatic heterocycles. The number of ether oxygens (including phenoxy) is 2. The van der Waals surface area contributed by atoms with Gasteiger partial charge in [-0.1, -0.05) is 41.4 Å². The lowest BCUT2D eigenvalue weighted by Gasteiger charge is -2.45. The van der Waals surface area contributed by atoms with Gasteiger partial charge in [0.1, 0.15) is 28.7 Å². The lowest BCUT2D eigenvalue weighted by atomic mass is 9.99. The van der Waals surface area contributed by atoms with Crippen LogP contribution in [0.1, 0.15) is 49.2 Å². The molecule has 7 rings (SSSR count). The Morgan fingerprint density at radius 2 is 1.51 bits per heavy atom. The van der Waals surface area contributed by atoms with Gasteiger partial charge in [-0.3, -0.25) is 29.5 Å². The van der Waals surface area contributed by atoms with Crippen molar-refractivity contribution in [1.29, 1.82) is 0 Å². The molecule has 4 N–H and O–H groups in total. The smallest absolute Gasteiger partial charge is 0.259 e. The maximum Gasteiger partial charge on any atom is 0.259 e.